The molecule has 3 unspecified atom stereocenters. The zero-order chi connectivity index (χ0) is 28.3. The zero-order valence-corrected chi connectivity index (χ0v) is 25.7. The van der Waals surface area contributed by atoms with E-state index in [2.05, 4.69) is 27.8 Å². The van der Waals surface area contributed by atoms with Crippen LogP contribution in [0.4, 0.5) is 0 Å². The van der Waals surface area contributed by atoms with E-state index in [1.165, 1.54) is 57.8 Å². The van der Waals surface area contributed by atoms with Crippen LogP contribution >= 0.6 is 0 Å². The summed E-state index contributed by atoms with van der Waals surface area (Å²) < 4.78 is 18.2. The Kier molecular flexibility index (Phi) is 26.7. The standard InChI is InChI=1S/C31H66NO6/c1-5-8-11-14-17-29(33)26-36-23-20-32(4,21-24-37-27-30(34)18-15-12-9-6-2)22-25-38-28-31(35)19-16-13-10-7-3/h29-31,33-35H,5-28H2,1-4H3/q+1. The van der Waals surface area contributed by atoms with Gasteiger partial charge in [-0.1, -0.05) is 97.8 Å². The molecule has 0 aromatic carbocycles. The average molecular weight is 549 g/mol. The fourth-order valence-corrected chi connectivity index (χ4v) is 4.52. The number of ether oxygens (including phenoxy) is 3. The third kappa shape index (κ3) is 24.7. The molecular weight excluding hydrogens is 482 g/mol. The SMILES string of the molecule is CCCCCCC(O)COCC[N+](C)(CCOCC(O)CCCCCC)CCOCC(O)CCCCCC. The van der Waals surface area contributed by atoms with Crippen molar-refractivity contribution in [3.63, 3.8) is 0 Å². The third-order valence-corrected chi connectivity index (χ3v) is 7.43. The van der Waals surface area contributed by atoms with Crippen molar-refractivity contribution in [2.75, 3.05) is 66.3 Å². The normalized spacial score (nSPS) is 15.9. The van der Waals surface area contributed by atoms with Crippen molar-refractivity contribution in [2.24, 2.45) is 0 Å². The summed E-state index contributed by atoms with van der Waals surface area (Å²) in [6.45, 7) is 11.8. The lowest BCUT2D eigenvalue weighted by molar-refractivity contribution is -0.910. The van der Waals surface area contributed by atoms with E-state index in [0.717, 1.165) is 62.6 Å². The largest absolute Gasteiger partial charge is 0.391 e. The molecule has 0 aliphatic heterocycles. The Hall–Kier alpha value is -0.280. The van der Waals surface area contributed by atoms with Gasteiger partial charge in [-0.15, -0.1) is 0 Å². The second-order valence-corrected chi connectivity index (χ2v) is 11.5. The summed E-state index contributed by atoms with van der Waals surface area (Å²) in [5, 5.41) is 30.6. The van der Waals surface area contributed by atoms with Gasteiger partial charge >= 0.3 is 0 Å². The van der Waals surface area contributed by atoms with Crippen LogP contribution in [-0.4, -0.2) is 104 Å². The number of quaternary nitrogens is 1. The molecule has 38 heavy (non-hydrogen) atoms. The summed E-state index contributed by atoms with van der Waals surface area (Å²) in [5.41, 5.74) is 0. The molecule has 0 radical (unpaired) electrons. The first-order valence-corrected chi connectivity index (χ1v) is 16.0. The third-order valence-electron chi connectivity index (χ3n) is 7.43. The number of hydrogen-bond acceptors (Lipinski definition) is 6. The highest BCUT2D eigenvalue weighted by molar-refractivity contribution is 4.57. The lowest BCUT2D eigenvalue weighted by Crippen LogP contribution is -2.51. The van der Waals surface area contributed by atoms with Crippen molar-refractivity contribution in [2.45, 2.75) is 135 Å². The van der Waals surface area contributed by atoms with Crippen molar-refractivity contribution in [3.8, 4) is 0 Å². The first kappa shape index (κ1) is 37.7. The molecule has 0 aliphatic carbocycles. The highest BCUT2D eigenvalue weighted by atomic mass is 16.5. The molecule has 3 N–H and O–H groups in total. The number of hydrogen-bond donors (Lipinski definition) is 3. The van der Waals surface area contributed by atoms with Crippen LogP contribution in [-0.2, 0) is 14.2 Å². The van der Waals surface area contributed by atoms with E-state index in [-0.39, 0.29) is 0 Å². The van der Waals surface area contributed by atoms with Crippen LogP contribution in [0.1, 0.15) is 117 Å². The van der Waals surface area contributed by atoms with E-state index >= 15 is 0 Å². The van der Waals surface area contributed by atoms with E-state index in [1.807, 2.05) is 0 Å². The summed E-state index contributed by atoms with van der Waals surface area (Å²) in [7, 11) is 2.18. The number of unbranched alkanes of at least 4 members (excludes halogenated alkanes) is 9. The van der Waals surface area contributed by atoms with E-state index in [9.17, 15) is 15.3 Å². The minimum absolute atomic E-state index is 0.383. The predicted molar refractivity (Wildman–Crippen MR) is 158 cm³/mol. The quantitative estimate of drug-likeness (QED) is 0.0814. The van der Waals surface area contributed by atoms with Gasteiger partial charge in [0, 0.05) is 0 Å². The molecule has 0 saturated heterocycles. The van der Waals surface area contributed by atoms with Gasteiger partial charge in [-0.3, -0.25) is 0 Å². The highest BCUT2D eigenvalue weighted by Gasteiger charge is 2.22. The lowest BCUT2D eigenvalue weighted by atomic mass is 10.1. The Bertz CT molecular complexity index is 417. The molecule has 0 rings (SSSR count). The molecule has 0 saturated carbocycles. The first-order chi connectivity index (χ1) is 18.4. The van der Waals surface area contributed by atoms with Gasteiger partial charge in [-0.2, -0.15) is 0 Å². The van der Waals surface area contributed by atoms with Gasteiger partial charge < -0.3 is 34.0 Å². The summed E-state index contributed by atoms with van der Waals surface area (Å²) >= 11 is 0. The van der Waals surface area contributed by atoms with Crippen LogP contribution in [0.2, 0.25) is 0 Å². The Labute approximate surface area is 235 Å². The van der Waals surface area contributed by atoms with Crippen LogP contribution in [0, 0.1) is 0 Å². The number of aliphatic hydroxyl groups excluding tert-OH is 3. The molecule has 3 atom stereocenters. The molecule has 0 amide bonds. The number of likely N-dealkylation sites (N-methyl/N-ethyl adjacent to an activating group) is 1. The molecule has 230 valence electrons. The van der Waals surface area contributed by atoms with Gasteiger partial charge in [0.15, 0.2) is 0 Å². The smallest absolute Gasteiger partial charge is 0.102 e. The lowest BCUT2D eigenvalue weighted by Gasteiger charge is -2.34. The van der Waals surface area contributed by atoms with Crippen LogP contribution in [0.5, 0.6) is 0 Å². The van der Waals surface area contributed by atoms with Crippen molar-refractivity contribution in [3.05, 3.63) is 0 Å². The molecule has 7 heteroatoms. The molecule has 0 bridgehead atoms. The number of rotatable bonds is 30. The second kappa shape index (κ2) is 26.9. The summed E-state index contributed by atoms with van der Waals surface area (Å²) in [6.07, 6.45) is 15.2. The molecule has 7 nitrogen and oxygen atoms in total. The molecular formula is C31H66NO6+. The molecule has 0 heterocycles. The second-order valence-electron chi connectivity index (χ2n) is 11.5. The van der Waals surface area contributed by atoms with Crippen LogP contribution in [0.25, 0.3) is 0 Å². The van der Waals surface area contributed by atoms with E-state index < -0.39 is 18.3 Å². The van der Waals surface area contributed by atoms with Gasteiger partial charge in [-0.25, -0.2) is 0 Å². The maximum atomic E-state index is 10.2. The van der Waals surface area contributed by atoms with Crippen molar-refractivity contribution in [1.29, 1.82) is 0 Å². The van der Waals surface area contributed by atoms with Crippen LogP contribution in [0.3, 0.4) is 0 Å². The summed E-state index contributed by atoms with van der Waals surface area (Å²) in [4.78, 5) is 0. The number of aliphatic hydroxyl groups is 3. The molecule has 0 fully saturated rings. The maximum absolute atomic E-state index is 10.2. The van der Waals surface area contributed by atoms with Gasteiger partial charge in [0.1, 0.15) is 19.6 Å². The van der Waals surface area contributed by atoms with E-state index in [4.69, 9.17) is 14.2 Å². The van der Waals surface area contributed by atoms with Crippen molar-refractivity contribution in [1.82, 2.24) is 0 Å². The minimum atomic E-state index is -0.394. The van der Waals surface area contributed by atoms with Crippen LogP contribution in [0.15, 0.2) is 0 Å². The van der Waals surface area contributed by atoms with E-state index in [1.54, 1.807) is 0 Å². The zero-order valence-electron chi connectivity index (χ0n) is 25.7. The molecule has 0 aromatic heterocycles. The first-order valence-electron chi connectivity index (χ1n) is 16.0. The van der Waals surface area contributed by atoms with Crippen molar-refractivity contribution < 1.29 is 34.0 Å². The van der Waals surface area contributed by atoms with Gasteiger partial charge in [-0.05, 0) is 19.3 Å². The Morgan fingerprint density at radius 2 is 0.763 bits per heavy atom. The van der Waals surface area contributed by atoms with Crippen molar-refractivity contribution >= 4 is 0 Å². The predicted octanol–water partition coefficient (Wildman–Crippen LogP) is 5.48. The van der Waals surface area contributed by atoms with Gasteiger partial charge in [0.25, 0.3) is 0 Å². The highest BCUT2D eigenvalue weighted by Crippen LogP contribution is 2.10. The summed E-state index contributed by atoms with van der Waals surface area (Å²) in [5.74, 6) is 0. The minimum Gasteiger partial charge on any atom is -0.391 e. The fourth-order valence-electron chi connectivity index (χ4n) is 4.52. The van der Waals surface area contributed by atoms with Crippen LogP contribution < -0.4 is 0 Å². The monoisotopic (exact) mass is 548 g/mol. The van der Waals surface area contributed by atoms with Gasteiger partial charge in [0.2, 0.25) is 0 Å². The van der Waals surface area contributed by atoms with Gasteiger partial charge in [0.05, 0.1) is 65.0 Å². The maximum Gasteiger partial charge on any atom is 0.102 e. The molecule has 0 aliphatic rings. The van der Waals surface area contributed by atoms with E-state index in [0.29, 0.717) is 39.6 Å². The number of nitrogens with zero attached hydrogens (tertiary/aromatic N) is 1. The molecule has 0 aromatic rings. The topological polar surface area (TPSA) is 88.4 Å². The fraction of sp³-hybridized carbons (Fsp3) is 1.00. The Morgan fingerprint density at radius 1 is 0.474 bits per heavy atom. The Morgan fingerprint density at radius 3 is 1.03 bits per heavy atom. The summed E-state index contributed by atoms with van der Waals surface area (Å²) in [6, 6.07) is 0. The Balaban J connectivity index is 4.40. The molecule has 0 spiro atoms. The average Bonchev–Trinajstić information content (AvgIpc) is 2.90.